The molecular weight excluding hydrogens is 214 g/mol. The molecule has 2 atom stereocenters. The summed E-state index contributed by atoms with van der Waals surface area (Å²) in [4.78, 5) is 0. The Hall–Kier alpha value is -1.00. The van der Waals surface area contributed by atoms with E-state index in [1.807, 2.05) is 6.08 Å². The van der Waals surface area contributed by atoms with Gasteiger partial charge in [0.2, 0.25) is 0 Å². The normalized spacial score (nSPS) is 33.4. The van der Waals surface area contributed by atoms with E-state index < -0.39 is 18.3 Å². The maximum absolute atomic E-state index is 12.3. The molecule has 2 aliphatic carbocycles. The molecule has 2 unspecified atom stereocenters. The fourth-order valence-electron chi connectivity index (χ4n) is 2.18. The molecule has 2 rings (SSSR count). The number of aliphatic hydroxyl groups excluding tert-OH is 1. The number of ether oxygens (including phenoxy) is 1. The maximum atomic E-state index is 12.3. The highest BCUT2D eigenvalue weighted by Crippen LogP contribution is 2.35. The molecule has 0 bridgehead atoms. The van der Waals surface area contributed by atoms with E-state index in [0.29, 0.717) is 12.8 Å². The fourth-order valence-corrected chi connectivity index (χ4v) is 2.18. The van der Waals surface area contributed by atoms with Crippen LogP contribution in [0, 0.1) is 0 Å². The van der Waals surface area contributed by atoms with Crippen LogP contribution in [-0.2, 0) is 4.74 Å². The minimum Gasteiger partial charge on any atom is -0.392 e. The highest BCUT2D eigenvalue weighted by atomic mass is 19.3. The van der Waals surface area contributed by atoms with Crippen LogP contribution in [0.5, 0.6) is 0 Å². The quantitative estimate of drug-likeness (QED) is 0.787. The molecule has 2 aliphatic rings. The van der Waals surface area contributed by atoms with Crippen molar-refractivity contribution in [3.05, 3.63) is 35.5 Å². The minimum atomic E-state index is -2.81. The highest BCUT2D eigenvalue weighted by molar-refractivity contribution is 5.44. The van der Waals surface area contributed by atoms with Crippen LogP contribution in [0.3, 0.4) is 0 Å². The summed E-state index contributed by atoms with van der Waals surface area (Å²) in [5.41, 5.74) is 0.817. The van der Waals surface area contributed by atoms with Gasteiger partial charge in [0, 0.05) is 0 Å². The van der Waals surface area contributed by atoms with E-state index in [-0.39, 0.29) is 0 Å². The summed E-state index contributed by atoms with van der Waals surface area (Å²) in [7, 11) is 0. The molecule has 0 aromatic carbocycles. The van der Waals surface area contributed by atoms with Gasteiger partial charge in [-0.2, -0.15) is 8.78 Å². The van der Waals surface area contributed by atoms with Crippen molar-refractivity contribution in [1.82, 2.24) is 0 Å². The Balaban J connectivity index is 2.26. The summed E-state index contributed by atoms with van der Waals surface area (Å²) in [5.74, 6) is 0. The first-order chi connectivity index (χ1) is 7.48. The van der Waals surface area contributed by atoms with Gasteiger partial charge in [-0.3, -0.25) is 0 Å². The Kier molecular flexibility index (Phi) is 2.95. The van der Waals surface area contributed by atoms with Gasteiger partial charge < -0.3 is 9.84 Å². The van der Waals surface area contributed by atoms with Crippen LogP contribution in [0.2, 0.25) is 0 Å². The summed E-state index contributed by atoms with van der Waals surface area (Å²) in [5, 5.41) is 9.51. The molecule has 0 spiro atoms. The summed E-state index contributed by atoms with van der Waals surface area (Å²) in [6.07, 6.45) is 7.52. The molecule has 88 valence electrons. The molecule has 0 heterocycles. The summed E-state index contributed by atoms with van der Waals surface area (Å²) in [6.45, 7) is -1.22. The second kappa shape index (κ2) is 4.11. The largest absolute Gasteiger partial charge is 0.392 e. The summed E-state index contributed by atoms with van der Waals surface area (Å²) in [6, 6.07) is 0. The second-order valence-electron chi connectivity index (χ2n) is 4.35. The van der Waals surface area contributed by atoms with Crippen molar-refractivity contribution in [3.63, 3.8) is 0 Å². The smallest absolute Gasteiger partial charge is 0.346 e. The maximum Gasteiger partial charge on any atom is 0.346 e. The van der Waals surface area contributed by atoms with Crippen LogP contribution < -0.4 is 0 Å². The number of hydrogen-bond acceptors (Lipinski definition) is 2. The SMILES string of the molecule is CC1(OC(F)F)C=CC=C2CC(O)CC2=C1. The molecule has 0 aliphatic heterocycles. The number of aliphatic hydroxyl groups is 1. The minimum absolute atomic E-state index is 0.403. The van der Waals surface area contributed by atoms with Gasteiger partial charge in [-0.15, -0.1) is 0 Å². The number of alkyl halides is 2. The Bertz CT molecular complexity index is 371. The molecule has 0 aromatic rings. The lowest BCUT2D eigenvalue weighted by Crippen LogP contribution is -2.26. The van der Waals surface area contributed by atoms with Gasteiger partial charge >= 0.3 is 6.61 Å². The fraction of sp³-hybridized carbons (Fsp3) is 0.500. The number of rotatable bonds is 2. The van der Waals surface area contributed by atoms with Crippen molar-refractivity contribution < 1.29 is 18.6 Å². The highest BCUT2D eigenvalue weighted by Gasteiger charge is 2.30. The van der Waals surface area contributed by atoms with Crippen LogP contribution in [0.25, 0.3) is 0 Å². The van der Waals surface area contributed by atoms with E-state index in [9.17, 15) is 13.9 Å². The van der Waals surface area contributed by atoms with Gasteiger partial charge in [0.25, 0.3) is 0 Å². The zero-order valence-corrected chi connectivity index (χ0v) is 8.99. The summed E-state index contributed by atoms with van der Waals surface area (Å²) >= 11 is 0. The lowest BCUT2D eigenvalue weighted by molar-refractivity contribution is -0.170. The molecule has 0 radical (unpaired) electrons. The van der Waals surface area contributed by atoms with E-state index in [1.165, 1.54) is 0 Å². The summed E-state index contributed by atoms with van der Waals surface area (Å²) < 4.78 is 29.1. The molecule has 0 aromatic heterocycles. The number of hydrogen-bond donors (Lipinski definition) is 1. The Labute approximate surface area is 92.9 Å². The molecular formula is C12H14F2O2. The van der Waals surface area contributed by atoms with Gasteiger partial charge in [0.1, 0.15) is 5.60 Å². The lowest BCUT2D eigenvalue weighted by atomic mass is 10.0. The van der Waals surface area contributed by atoms with E-state index in [2.05, 4.69) is 4.74 Å². The van der Waals surface area contributed by atoms with E-state index in [0.717, 1.165) is 11.1 Å². The third kappa shape index (κ3) is 2.39. The number of halogens is 2. The molecule has 0 saturated heterocycles. The van der Waals surface area contributed by atoms with Crippen LogP contribution in [0.4, 0.5) is 8.78 Å². The molecule has 1 N–H and O–H groups in total. The Morgan fingerprint density at radius 1 is 1.44 bits per heavy atom. The first-order valence-electron chi connectivity index (χ1n) is 5.23. The zero-order valence-electron chi connectivity index (χ0n) is 8.99. The standard InChI is InChI=1S/C12H14F2O2/c1-12(16-11(13)14)4-2-3-8-5-10(15)6-9(8)7-12/h2-4,7,10-11,15H,5-6H2,1H3. The van der Waals surface area contributed by atoms with Gasteiger partial charge in [-0.05, 0) is 43.1 Å². The van der Waals surface area contributed by atoms with E-state index in [1.54, 1.807) is 25.2 Å². The average Bonchev–Trinajstić information content (AvgIpc) is 2.37. The van der Waals surface area contributed by atoms with Gasteiger partial charge in [-0.25, -0.2) is 0 Å². The monoisotopic (exact) mass is 228 g/mol. The first-order valence-corrected chi connectivity index (χ1v) is 5.23. The van der Waals surface area contributed by atoms with Gasteiger partial charge in [0.15, 0.2) is 0 Å². The number of fused-ring (bicyclic) bond motifs is 1. The average molecular weight is 228 g/mol. The van der Waals surface area contributed by atoms with Gasteiger partial charge in [-0.1, -0.05) is 12.2 Å². The van der Waals surface area contributed by atoms with Crippen LogP contribution in [0.1, 0.15) is 19.8 Å². The van der Waals surface area contributed by atoms with E-state index in [4.69, 9.17) is 0 Å². The second-order valence-corrected chi connectivity index (χ2v) is 4.35. The molecule has 16 heavy (non-hydrogen) atoms. The van der Waals surface area contributed by atoms with Gasteiger partial charge in [0.05, 0.1) is 6.10 Å². The van der Waals surface area contributed by atoms with Crippen LogP contribution in [-0.4, -0.2) is 23.4 Å². The zero-order chi connectivity index (χ0) is 11.8. The first kappa shape index (κ1) is 11.5. The van der Waals surface area contributed by atoms with Crippen LogP contribution >= 0.6 is 0 Å². The van der Waals surface area contributed by atoms with E-state index >= 15 is 0 Å². The third-order valence-corrected chi connectivity index (χ3v) is 2.85. The molecule has 4 heteroatoms. The molecule has 0 amide bonds. The Morgan fingerprint density at radius 3 is 2.81 bits per heavy atom. The number of allylic oxidation sites excluding steroid dienone is 2. The van der Waals surface area contributed by atoms with Crippen molar-refractivity contribution in [3.8, 4) is 0 Å². The van der Waals surface area contributed by atoms with Crippen molar-refractivity contribution in [2.75, 3.05) is 0 Å². The topological polar surface area (TPSA) is 29.5 Å². The predicted molar refractivity (Wildman–Crippen MR) is 56.0 cm³/mol. The Morgan fingerprint density at radius 2 is 2.12 bits per heavy atom. The molecule has 1 saturated carbocycles. The van der Waals surface area contributed by atoms with Crippen molar-refractivity contribution >= 4 is 0 Å². The van der Waals surface area contributed by atoms with Crippen LogP contribution in [0.15, 0.2) is 35.5 Å². The predicted octanol–water partition coefficient (Wildman–Crippen LogP) is 2.56. The third-order valence-electron chi connectivity index (χ3n) is 2.85. The van der Waals surface area contributed by atoms with Crippen molar-refractivity contribution in [2.45, 2.75) is 38.1 Å². The molecule has 1 fully saturated rings. The van der Waals surface area contributed by atoms with Crippen molar-refractivity contribution in [1.29, 1.82) is 0 Å². The lowest BCUT2D eigenvalue weighted by Gasteiger charge is -2.22. The molecule has 2 nitrogen and oxygen atoms in total. The van der Waals surface area contributed by atoms with Crippen molar-refractivity contribution in [2.24, 2.45) is 0 Å².